The zero-order valence-corrected chi connectivity index (χ0v) is 12.6. The summed E-state index contributed by atoms with van der Waals surface area (Å²) in [6.07, 6.45) is 10.4. The monoisotopic (exact) mass is 284 g/mol. The molecule has 1 saturated heterocycles. The molecule has 2 fully saturated rings. The molecule has 1 aliphatic carbocycles. The van der Waals surface area contributed by atoms with Crippen LogP contribution in [0.3, 0.4) is 0 Å². The van der Waals surface area contributed by atoms with Crippen LogP contribution in [0, 0.1) is 0 Å². The molecule has 2 heterocycles. The number of aromatic amines is 1. The first kappa shape index (κ1) is 13.2. The maximum atomic E-state index is 6.29. The maximum absolute atomic E-state index is 6.29. The van der Waals surface area contributed by atoms with Gasteiger partial charge < -0.3 is 14.6 Å². The number of ether oxygens (including phenoxy) is 1. The molecule has 1 N–H and O–H groups in total. The van der Waals surface area contributed by atoms with Gasteiger partial charge in [-0.05, 0) is 43.9 Å². The van der Waals surface area contributed by atoms with Gasteiger partial charge >= 0.3 is 0 Å². The third kappa shape index (κ3) is 2.67. The molecule has 3 nitrogen and oxygen atoms in total. The van der Waals surface area contributed by atoms with Crippen molar-refractivity contribution < 1.29 is 4.74 Å². The predicted molar refractivity (Wildman–Crippen MR) is 85.8 cm³/mol. The van der Waals surface area contributed by atoms with E-state index in [-0.39, 0.29) is 0 Å². The zero-order valence-electron chi connectivity index (χ0n) is 12.6. The topological polar surface area (TPSA) is 28.3 Å². The highest BCUT2D eigenvalue weighted by Gasteiger charge is 2.27. The van der Waals surface area contributed by atoms with Crippen LogP contribution in [0.4, 0.5) is 0 Å². The average molecular weight is 284 g/mol. The molecule has 0 atom stereocenters. The molecule has 1 aliphatic heterocycles. The van der Waals surface area contributed by atoms with E-state index in [1.54, 1.807) is 0 Å². The van der Waals surface area contributed by atoms with Crippen LogP contribution in [0.2, 0.25) is 0 Å². The van der Waals surface area contributed by atoms with E-state index in [1.165, 1.54) is 44.2 Å². The van der Waals surface area contributed by atoms with Gasteiger partial charge in [0.2, 0.25) is 0 Å². The molecule has 4 rings (SSSR count). The number of hydrogen-bond donors (Lipinski definition) is 1. The summed E-state index contributed by atoms with van der Waals surface area (Å²) < 4.78 is 6.29. The van der Waals surface area contributed by atoms with Gasteiger partial charge in [0.1, 0.15) is 11.9 Å². The fourth-order valence-corrected chi connectivity index (χ4v) is 3.97. The summed E-state index contributed by atoms with van der Waals surface area (Å²) in [7, 11) is 0. The summed E-state index contributed by atoms with van der Waals surface area (Å²) in [6, 6.07) is 9.24. The highest BCUT2D eigenvalue weighted by molar-refractivity contribution is 5.85. The SMILES string of the molecule is c1cc(OC2CCN(C3CCCC3)CC2)c2cc[nH]c2c1. The summed E-state index contributed by atoms with van der Waals surface area (Å²) in [6.45, 7) is 2.41. The van der Waals surface area contributed by atoms with Gasteiger partial charge in [-0.25, -0.2) is 0 Å². The van der Waals surface area contributed by atoms with E-state index >= 15 is 0 Å². The number of benzene rings is 1. The van der Waals surface area contributed by atoms with Crippen LogP contribution in [0.1, 0.15) is 38.5 Å². The minimum atomic E-state index is 0.378. The Hall–Kier alpha value is -1.48. The number of likely N-dealkylation sites (tertiary alicyclic amines) is 1. The van der Waals surface area contributed by atoms with Crippen LogP contribution >= 0.6 is 0 Å². The number of nitrogens with one attached hydrogen (secondary N) is 1. The van der Waals surface area contributed by atoms with Gasteiger partial charge in [-0.2, -0.15) is 0 Å². The molecule has 1 aromatic heterocycles. The molecule has 0 unspecified atom stereocenters. The van der Waals surface area contributed by atoms with Crippen LogP contribution in [-0.2, 0) is 0 Å². The van der Waals surface area contributed by atoms with E-state index in [0.717, 1.165) is 30.1 Å². The Balaban J connectivity index is 1.39. The van der Waals surface area contributed by atoms with Gasteiger partial charge in [-0.3, -0.25) is 0 Å². The third-order valence-electron chi connectivity index (χ3n) is 5.17. The van der Waals surface area contributed by atoms with Crippen LogP contribution in [0.25, 0.3) is 10.9 Å². The van der Waals surface area contributed by atoms with Gasteiger partial charge in [-0.1, -0.05) is 18.9 Å². The number of nitrogens with zero attached hydrogens (tertiary/aromatic N) is 1. The van der Waals surface area contributed by atoms with E-state index in [0.29, 0.717) is 6.10 Å². The molecule has 1 aromatic carbocycles. The largest absolute Gasteiger partial charge is 0.490 e. The predicted octanol–water partition coefficient (Wildman–Crippen LogP) is 3.95. The van der Waals surface area contributed by atoms with E-state index in [9.17, 15) is 0 Å². The van der Waals surface area contributed by atoms with Crippen molar-refractivity contribution in [1.29, 1.82) is 0 Å². The summed E-state index contributed by atoms with van der Waals surface area (Å²) in [5.74, 6) is 1.04. The molecule has 3 heteroatoms. The van der Waals surface area contributed by atoms with Crippen LogP contribution < -0.4 is 4.74 Å². The second kappa shape index (κ2) is 5.72. The molecule has 0 bridgehead atoms. The van der Waals surface area contributed by atoms with Crippen molar-refractivity contribution in [2.24, 2.45) is 0 Å². The molecular formula is C18H24N2O. The van der Waals surface area contributed by atoms with Crippen LogP contribution in [0.5, 0.6) is 5.75 Å². The summed E-state index contributed by atoms with van der Waals surface area (Å²) in [4.78, 5) is 5.95. The average Bonchev–Trinajstić information content (AvgIpc) is 3.20. The highest BCUT2D eigenvalue weighted by Crippen LogP contribution is 2.30. The molecular weight excluding hydrogens is 260 g/mol. The van der Waals surface area contributed by atoms with E-state index in [4.69, 9.17) is 4.74 Å². The fourth-order valence-electron chi connectivity index (χ4n) is 3.97. The van der Waals surface area contributed by atoms with E-state index in [2.05, 4.69) is 34.1 Å². The molecule has 0 radical (unpaired) electrons. The quantitative estimate of drug-likeness (QED) is 0.924. The van der Waals surface area contributed by atoms with Gasteiger partial charge in [0.25, 0.3) is 0 Å². The molecule has 0 amide bonds. The summed E-state index contributed by atoms with van der Waals surface area (Å²) in [5.41, 5.74) is 1.16. The lowest BCUT2D eigenvalue weighted by atomic mass is 10.0. The second-order valence-electron chi connectivity index (χ2n) is 6.49. The van der Waals surface area contributed by atoms with Crippen molar-refractivity contribution >= 4 is 10.9 Å². The van der Waals surface area contributed by atoms with Crippen molar-refractivity contribution in [2.75, 3.05) is 13.1 Å². The van der Waals surface area contributed by atoms with Crippen molar-refractivity contribution in [1.82, 2.24) is 9.88 Å². The minimum Gasteiger partial charge on any atom is -0.490 e. The Morgan fingerprint density at radius 3 is 2.62 bits per heavy atom. The third-order valence-corrected chi connectivity index (χ3v) is 5.17. The molecule has 112 valence electrons. The van der Waals surface area contributed by atoms with Crippen LogP contribution in [-0.4, -0.2) is 35.1 Å². The number of H-pyrrole nitrogens is 1. The van der Waals surface area contributed by atoms with Crippen molar-refractivity contribution in [3.63, 3.8) is 0 Å². The molecule has 0 spiro atoms. The van der Waals surface area contributed by atoms with E-state index in [1.807, 2.05) is 6.20 Å². The molecule has 1 saturated carbocycles. The first-order valence-electron chi connectivity index (χ1n) is 8.37. The minimum absolute atomic E-state index is 0.378. The lowest BCUT2D eigenvalue weighted by Crippen LogP contribution is -2.43. The van der Waals surface area contributed by atoms with Crippen molar-refractivity contribution in [2.45, 2.75) is 50.7 Å². The van der Waals surface area contributed by atoms with E-state index < -0.39 is 0 Å². The first-order chi connectivity index (χ1) is 10.4. The number of fused-ring (bicyclic) bond motifs is 1. The highest BCUT2D eigenvalue weighted by atomic mass is 16.5. The van der Waals surface area contributed by atoms with Crippen LogP contribution in [0.15, 0.2) is 30.5 Å². The second-order valence-corrected chi connectivity index (χ2v) is 6.49. The van der Waals surface area contributed by atoms with Crippen molar-refractivity contribution in [3.05, 3.63) is 30.5 Å². The van der Waals surface area contributed by atoms with Gasteiger partial charge in [0.05, 0.1) is 0 Å². The Bertz CT molecular complexity index is 592. The van der Waals surface area contributed by atoms with Gasteiger partial charge in [0.15, 0.2) is 0 Å². The smallest absolute Gasteiger partial charge is 0.129 e. The van der Waals surface area contributed by atoms with Crippen molar-refractivity contribution in [3.8, 4) is 5.75 Å². The Morgan fingerprint density at radius 2 is 1.81 bits per heavy atom. The normalized spacial score (nSPS) is 22.1. The lowest BCUT2D eigenvalue weighted by molar-refractivity contribution is 0.0777. The summed E-state index contributed by atoms with van der Waals surface area (Å²) >= 11 is 0. The standard InChI is InChI=1S/C18H24N2O/c1-2-5-14(4-1)20-12-9-15(10-13-20)21-18-7-3-6-17-16(18)8-11-19-17/h3,6-8,11,14-15,19H,1-2,4-5,9-10,12-13H2. The number of aromatic nitrogens is 1. The zero-order chi connectivity index (χ0) is 14.1. The first-order valence-corrected chi connectivity index (χ1v) is 8.37. The number of rotatable bonds is 3. The molecule has 2 aliphatic rings. The Morgan fingerprint density at radius 1 is 1.00 bits per heavy atom. The number of hydrogen-bond acceptors (Lipinski definition) is 2. The molecule has 21 heavy (non-hydrogen) atoms. The number of piperidine rings is 1. The van der Waals surface area contributed by atoms with Gasteiger partial charge in [0, 0.05) is 36.2 Å². The lowest BCUT2D eigenvalue weighted by Gasteiger charge is -2.36. The Labute approximate surface area is 126 Å². The summed E-state index contributed by atoms with van der Waals surface area (Å²) in [5, 5.41) is 1.20. The Kier molecular flexibility index (Phi) is 3.60. The molecule has 2 aromatic rings. The van der Waals surface area contributed by atoms with Gasteiger partial charge in [-0.15, -0.1) is 0 Å². The maximum Gasteiger partial charge on any atom is 0.129 e. The fraction of sp³-hybridized carbons (Fsp3) is 0.556.